The SMILES string of the molecule is CCc1ccc(NC(=O)c2cc3c(-c4cc(C(C)(C)OCOP(=O)(O)O)ccc4Oc4c(C)cc(F)cc4C)cn(C)c(=O)c3[nH]2)cc1. The van der Waals surface area contributed by atoms with E-state index in [0.29, 0.717) is 50.4 Å². The predicted octanol–water partition coefficient (Wildman–Crippen LogP) is 7.22. The number of halogens is 1. The number of rotatable bonds is 11. The van der Waals surface area contributed by atoms with Crippen LogP contribution in [0.2, 0.25) is 0 Å². The highest BCUT2D eigenvalue weighted by Crippen LogP contribution is 2.42. The first kappa shape index (κ1) is 34.7. The van der Waals surface area contributed by atoms with E-state index in [1.807, 2.05) is 31.2 Å². The van der Waals surface area contributed by atoms with E-state index < -0.39 is 31.9 Å². The van der Waals surface area contributed by atoms with Crippen molar-refractivity contribution in [2.45, 2.75) is 46.6 Å². The van der Waals surface area contributed by atoms with E-state index in [1.54, 1.807) is 65.2 Å². The third-order valence-corrected chi connectivity index (χ3v) is 8.51. The van der Waals surface area contributed by atoms with Crippen molar-refractivity contribution in [3.05, 3.63) is 111 Å². The molecule has 0 spiro atoms. The lowest BCUT2D eigenvalue weighted by Gasteiger charge is -2.27. The summed E-state index contributed by atoms with van der Waals surface area (Å²) in [7, 11) is -3.18. The number of ether oxygens (including phenoxy) is 2. The number of phosphoric acid groups is 1. The number of aromatic amines is 1. The summed E-state index contributed by atoms with van der Waals surface area (Å²) in [6, 6.07) is 17.0. The van der Waals surface area contributed by atoms with Crippen molar-refractivity contribution < 1.29 is 37.5 Å². The molecule has 2 aromatic heterocycles. The van der Waals surface area contributed by atoms with Crippen molar-refractivity contribution in [2.75, 3.05) is 12.1 Å². The first-order valence-corrected chi connectivity index (χ1v) is 16.7. The summed E-state index contributed by atoms with van der Waals surface area (Å²) in [5.41, 5.74) is 3.37. The molecule has 0 fully saturated rings. The van der Waals surface area contributed by atoms with Crippen LogP contribution >= 0.6 is 7.82 Å². The van der Waals surface area contributed by atoms with E-state index in [1.165, 1.54) is 16.7 Å². The Morgan fingerprint density at radius 3 is 2.31 bits per heavy atom. The molecule has 0 bridgehead atoms. The van der Waals surface area contributed by atoms with Gasteiger partial charge in [0.15, 0.2) is 6.79 Å². The van der Waals surface area contributed by atoms with E-state index in [9.17, 15) is 18.5 Å². The number of nitrogens with zero attached hydrogens (tertiary/aromatic N) is 1. The third-order valence-electron chi connectivity index (χ3n) is 8.07. The van der Waals surface area contributed by atoms with E-state index >= 15 is 0 Å². The fourth-order valence-corrected chi connectivity index (χ4v) is 5.58. The van der Waals surface area contributed by atoms with E-state index in [4.69, 9.17) is 19.3 Å². The van der Waals surface area contributed by atoms with Crippen LogP contribution in [0.25, 0.3) is 22.0 Å². The zero-order chi connectivity index (χ0) is 35.0. The van der Waals surface area contributed by atoms with Crippen LogP contribution in [0.3, 0.4) is 0 Å². The number of fused-ring (bicyclic) bond motifs is 1. The van der Waals surface area contributed by atoms with Gasteiger partial charge < -0.3 is 34.1 Å². The first-order valence-electron chi connectivity index (χ1n) is 15.1. The smallest absolute Gasteiger partial charge is 0.456 e. The van der Waals surface area contributed by atoms with Crippen LogP contribution < -0.4 is 15.6 Å². The number of nitrogens with one attached hydrogen (secondary N) is 2. The zero-order valence-electron chi connectivity index (χ0n) is 27.4. The Morgan fingerprint density at radius 2 is 1.69 bits per heavy atom. The van der Waals surface area contributed by atoms with Gasteiger partial charge in [-0.25, -0.2) is 8.96 Å². The molecule has 252 valence electrons. The third kappa shape index (κ3) is 7.59. The maximum atomic E-state index is 14.1. The minimum Gasteiger partial charge on any atom is -0.456 e. The van der Waals surface area contributed by atoms with Crippen LogP contribution in [0.15, 0.2) is 71.7 Å². The minimum absolute atomic E-state index is 0.163. The molecule has 0 aliphatic carbocycles. The lowest BCUT2D eigenvalue weighted by Crippen LogP contribution is -2.23. The van der Waals surface area contributed by atoms with Gasteiger partial charge in [-0.3, -0.25) is 14.1 Å². The molecule has 0 saturated carbocycles. The van der Waals surface area contributed by atoms with E-state index in [0.717, 1.165) is 12.0 Å². The summed E-state index contributed by atoms with van der Waals surface area (Å²) in [6.07, 6.45) is 2.49. The molecule has 5 aromatic rings. The molecular weight excluding hydrogens is 640 g/mol. The standard InChI is InChI=1S/C35H37FN3O8P/c1-7-22-8-11-25(12-9-22)37-33(40)29-17-27-28(18-39(6)34(41)31(27)38-29)26-16-23(35(4,5)45-19-46-48(42,43)44)10-13-30(26)47-32-20(2)14-24(36)15-21(32)3/h8-18,38H,7,19H2,1-6H3,(H,37,40)(H2,42,43,44). The number of aromatic nitrogens is 2. The molecule has 13 heteroatoms. The van der Waals surface area contributed by atoms with Crippen molar-refractivity contribution in [3.63, 3.8) is 0 Å². The van der Waals surface area contributed by atoms with Crippen LogP contribution in [0, 0.1) is 19.7 Å². The van der Waals surface area contributed by atoms with Gasteiger partial charge in [0.25, 0.3) is 11.5 Å². The van der Waals surface area contributed by atoms with Crippen molar-refractivity contribution in [2.24, 2.45) is 7.05 Å². The van der Waals surface area contributed by atoms with Gasteiger partial charge in [-0.2, -0.15) is 0 Å². The average molecular weight is 678 g/mol. The molecule has 11 nitrogen and oxygen atoms in total. The summed E-state index contributed by atoms with van der Waals surface area (Å²) >= 11 is 0. The summed E-state index contributed by atoms with van der Waals surface area (Å²) in [4.78, 5) is 47.9. The van der Waals surface area contributed by atoms with Gasteiger partial charge in [0.1, 0.15) is 28.5 Å². The van der Waals surface area contributed by atoms with Crippen LogP contribution in [0.5, 0.6) is 11.5 Å². The molecule has 0 radical (unpaired) electrons. The largest absolute Gasteiger partial charge is 0.471 e. The fourth-order valence-electron chi connectivity index (χ4n) is 5.39. The lowest BCUT2D eigenvalue weighted by molar-refractivity contribution is -0.0976. The number of benzene rings is 3. The number of amides is 1. The summed E-state index contributed by atoms with van der Waals surface area (Å²) in [6.45, 7) is 8.22. The van der Waals surface area contributed by atoms with Gasteiger partial charge in [-0.05, 0) is 98.8 Å². The maximum Gasteiger partial charge on any atom is 0.471 e. The molecule has 48 heavy (non-hydrogen) atoms. The van der Waals surface area contributed by atoms with Crippen LogP contribution in [-0.2, 0) is 32.9 Å². The molecule has 0 atom stereocenters. The highest BCUT2D eigenvalue weighted by atomic mass is 31.2. The molecule has 5 rings (SSSR count). The van der Waals surface area contributed by atoms with Gasteiger partial charge in [-0.15, -0.1) is 0 Å². The molecular formula is C35H37FN3O8P. The molecule has 0 aliphatic heterocycles. The topological polar surface area (TPSA) is 152 Å². The van der Waals surface area contributed by atoms with Crippen LogP contribution in [0.4, 0.5) is 10.1 Å². The summed E-state index contributed by atoms with van der Waals surface area (Å²) in [5.74, 6) is -0.0309. The second-order valence-corrected chi connectivity index (χ2v) is 13.2. The van der Waals surface area contributed by atoms with E-state index in [2.05, 4.69) is 14.8 Å². The molecule has 4 N–H and O–H groups in total. The number of hydrogen-bond donors (Lipinski definition) is 4. The number of carbonyl (C=O) groups excluding carboxylic acids is 1. The minimum atomic E-state index is -4.77. The molecule has 1 amide bonds. The number of hydrogen-bond acceptors (Lipinski definition) is 6. The second-order valence-electron chi connectivity index (χ2n) is 12.0. The monoisotopic (exact) mass is 677 g/mol. The molecule has 0 unspecified atom stereocenters. The normalized spacial score (nSPS) is 12.0. The van der Waals surface area contributed by atoms with Crippen molar-refractivity contribution in [3.8, 4) is 22.6 Å². The number of anilines is 1. The molecule has 0 saturated heterocycles. The highest BCUT2D eigenvalue weighted by molar-refractivity contribution is 7.46. The number of phosphoric ester groups is 1. The Labute approximate surface area is 276 Å². The van der Waals surface area contributed by atoms with Crippen molar-refractivity contribution >= 4 is 30.3 Å². The Balaban J connectivity index is 1.64. The number of carbonyl (C=O) groups is 1. The Hall–Kier alpha value is -4.58. The van der Waals surface area contributed by atoms with Gasteiger partial charge in [-0.1, -0.05) is 25.1 Å². The van der Waals surface area contributed by atoms with Gasteiger partial charge in [0.2, 0.25) is 0 Å². The number of H-pyrrole nitrogens is 1. The second kappa shape index (κ2) is 13.5. The summed E-state index contributed by atoms with van der Waals surface area (Å²) < 4.78 is 43.4. The first-order chi connectivity index (χ1) is 22.6. The predicted molar refractivity (Wildman–Crippen MR) is 181 cm³/mol. The van der Waals surface area contributed by atoms with Gasteiger partial charge >= 0.3 is 7.82 Å². The van der Waals surface area contributed by atoms with Crippen LogP contribution in [-0.4, -0.2) is 32.0 Å². The lowest BCUT2D eigenvalue weighted by atomic mass is 9.92. The van der Waals surface area contributed by atoms with Crippen LogP contribution in [0.1, 0.15) is 53.5 Å². The number of pyridine rings is 1. The maximum absolute atomic E-state index is 14.1. The molecule has 2 heterocycles. The summed E-state index contributed by atoms with van der Waals surface area (Å²) in [5, 5.41) is 3.31. The van der Waals surface area contributed by atoms with Crippen molar-refractivity contribution in [1.29, 1.82) is 0 Å². The Morgan fingerprint density at radius 1 is 1.02 bits per heavy atom. The highest BCUT2D eigenvalue weighted by Gasteiger charge is 2.27. The Bertz CT molecular complexity index is 2090. The van der Waals surface area contributed by atoms with Gasteiger partial charge in [0.05, 0.1) is 5.60 Å². The average Bonchev–Trinajstić information content (AvgIpc) is 3.47. The number of aryl methyl sites for hydroxylation is 4. The molecule has 0 aliphatic rings. The fraction of sp³-hybridized carbons (Fsp3) is 0.257. The molecule has 3 aromatic carbocycles. The van der Waals surface area contributed by atoms with Gasteiger partial charge in [0, 0.05) is 35.4 Å². The Kier molecular flexibility index (Phi) is 9.77. The van der Waals surface area contributed by atoms with Crippen molar-refractivity contribution in [1.82, 2.24) is 9.55 Å². The zero-order valence-corrected chi connectivity index (χ0v) is 28.3. The van der Waals surface area contributed by atoms with E-state index in [-0.39, 0.29) is 16.8 Å². The quantitative estimate of drug-likeness (QED) is 0.0845.